The summed E-state index contributed by atoms with van der Waals surface area (Å²) in [4.78, 5) is 52.6. The van der Waals surface area contributed by atoms with Crippen LogP contribution in [-0.4, -0.2) is 30.4 Å². The third-order valence-electron chi connectivity index (χ3n) is 4.76. The molecule has 3 rings (SSSR count). The van der Waals surface area contributed by atoms with Crippen LogP contribution in [-0.2, 0) is 25.4 Å². The molecule has 0 saturated heterocycles. The maximum absolute atomic E-state index is 12.8. The zero-order valence-electron chi connectivity index (χ0n) is 16.4. The molecule has 1 N–H and O–H groups in total. The summed E-state index contributed by atoms with van der Waals surface area (Å²) in [6, 6.07) is 6.62. The number of aromatic nitrogens is 4. The highest BCUT2D eigenvalue weighted by molar-refractivity contribution is 6.29. The van der Waals surface area contributed by atoms with Gasteiger partial charge in [0.25, 0.3) is 5.56 Å². The van der Waals surface area contributed by atoms with Gasteiger partial charge in [-0.25, -0.2) is 4.79 Å². The fourth-order valence-electron chi connectivity index (χ4n) is 3.15. The number of rotatable bonds is 5. The fraction of sp³-hybridized carbons (Fsp3) is 0.316. The molecule has 0 spiro atoms. The fourth-order valence-corrected chi connectivity index (χ4v) is 3.37. The molecule has 152 valence electrons. The van der Waals surface area contributed by atoms with E-state index in [4.69, 9.17) is 11.6 Å². The molecule has 0 unspecified atom stereocenters. The van der Waals surface area contributed by atoms with E-state index in [1.165, 1.54) is 30.2 Å². The van der Waals surface area contributed by atoms with E-state index in [0.717, 1.165) is 10.1 Å². The second-order valence-electron chi connectivity index (χ2n) is 6.81. The van der Waals surface area contributed by atoms with Crippen LogP contribution in [0, 0.1) is 0 Å². The molecule has 1 aromatic carbocycles. The quantitative estimate of drug-likeness (QED) is 0.495. The van der Waals surface area contributed by atoms with Crippen molar-refractivity contribution in [3.63, 3.8) is 0 Å². The van der Waals surface area contributed by atoms with Crippen molar-refractivity contribution < 1.29 is 9.59 Å². The van der Waals surface area contributed by atoms with Gasteiger partial charge in [-0.1, -0.05) is 24.3 Å². The number of benzene rings is 1. The minimum absolute atomic E-state index is 0.0532. The maximum atomic E-state index is 12.8. The van der Waals surface area contributed by atoms with Crippen molar-refractivity contribution >= 4 is 34.5 Å². The zero-order chi connectivity index (χ0) is 21.5. The summed E-state index contributed by atoms with van der Waals surface area (Å²) in [5.74, 6) is -0.420. The molecule has 0 aliphatic carbocycles. The van der Waals surface area contributed by atoms with Gasteiger partial charge in [0, 0.05) is 26.6 Å². The number of carbonyl (C=O) groups excluding carboxylic acids is 2. The first-order chi connectivity index (χ1) is 13.6. The molecule has 9 nitrogen and oxygen atoms in total. The molecule has 0 saturated carbocycles. The topological polar surface area (TPSA) is 108 Å². The molecule has 0 radical (unpaired) electrons. The number of amides is 1. The minimum Gasteiger partial charge on any atom is -0.350 e. The Kier molecular flexibility index (Phi) is 5.43. The molecule has 0 aliphatic heterocycles. The number of imidazole rings is 1. The number of nitrogens with one attached hydrogen (secondary N) is 1. The van der Waals surface area contributed by atoms with Gasteiger partial charge in [0.05, 0.1) is 12.6 Å². The van der Waals surface area contributed by atoms with Gasteiger partial charge in [0.1, 0.15) is 0 Å². The Morgan fingerprint density at radius 2 is 1.76 bits per heavy atom. The van der Waals surface area contributed by atoms with Crippen LogP contribution in [0.25, 0.3) is 11.2 Å². The summed E-state index contributed by atoms with van der Waals surface area (Å²) in [6.45, 7) is 3.08. The van der Waals surface area contributed by atoms with Gasteiger partial charge in [-0.3, -0.25) is 23.5 Å². The molecule has 0 fully saturated rings. The number of aryl methyl sites for hydroxylation is 1. The highest BCUT2D eigenvalue weighted by atomic mass is 35.5. The minimum atomic E-state index is -0.574. The van der Waals surface area contributed by atoms with Crippen LogP contribution in [0.4, 0.5) is 0 Å². The molecule has 3 aromatic rings. The molecule has 1 amide bonds. The SMILES string of the molecule is CC(=O)N[C@H](C)c1ccc(C(=O)Cn2c(Cl)nc3c2c(=O)n(C)c(=O)n3C)cc1. The van der Waals surface area contributed by atoms with Crippen LogP contribution < -0.4 is 16.6 Å². The Morgan fingerprint density at radius 3 is 2.34 bits per heavy atom. The second kappa shape index (κ2) is 7.67. The van der Waals surface area contributed by atoms with E-state index in [1.54, 1.807) is 24.3 Å². The normalized spacial score (nSPS) is 12.2. The standard InChI is InChI=1S/C19H20ClN5O4/c1-10(21-11(2)26)12-5-7-13(8-6-12)14(27)9-25-15-16(22-18(25)20)23(3)19(29)24(4)17(15)28/h5-8,10H,9H2,1-4H3,(H,21,26)/t10-/m1/s1. The first kappa shape index (κ1) is 20.5. The van der Waals surface area contributed by atoms with E-state index in [-0.39, 0.29) is 40.7 Å². The molecule has 1 atom stereocenters. The summed E-state index contributed by atoms with van der Waals surface area (Å²) in [5, 5.41) is 2.72. The summed E-state index contributed by atoms with van der Waals surface area (Å²) in [7, 11) is 2.83. The molecule has 29 heavy (non-hydrogen) atoms. The third kappa shape index (κ3) is 3.73. The van der Waals surface area contributed by atoms with Crippen molar-refractivity contribution in [2.24, 2.45) is 14.1 Å². The first-order valence-electron chi connectivity index (χ1n) is 8.83. The second-order valence-corrected chi connectivity index (χ2v) is 7.15. The summed E-state index contributed by atoms with van der Waals surface area (Å²) >= 11 is 6.16. The lowest BCUT2D eigenvalue weighted by molar-refractivity contribution is -0.119. The molecule has 10 heteroatoms. The van der Waals surface area contributed by atoms with Gasteiger partial charge in [-0.2, -0.15) is 4.98 Å². The van der Waals surface area contributed by atoms with Crippen LogP contribution in [0.5, 0.6) is 0 Å². The lowest BCUT2D eigenvalue weighted by atomic mass is 10.0. The first-order valence-corrected chi connectivity index (χ1v) is 9.21. The van der Waals surface area contributed by atoms with Crippen molar-refractivity contribution in [3.05, 3.63) is 61.5 Å². The molecule has 2 aromatic heterocycles. The van der Waals surface area contributed by atoms with Crippen LogP contribution in [0.15, 0.2) is 33.9 Å². The molecular weight excluding hydrogens is 398 g/mol. The monoisotopic (exact) mass is 417 g/mol. The molecule has 0 bridgehead atoms. The lowest BCUT2D eigenvalue weighted by Gasteiger charge is -2.13. The Bertz CT molecular complexity index is 1240. The van der Waals surface area contributed by atoms with Gasteiger partial charge in [0.15, 0.2) is 16.9 Å². The van der Waals surface area contributed by atoms with E-state index >= 15 is 0 Å². The van der Waals surface area contributed by atoms with Crippen LogP contribution >= 0.6 is 11.6 Å². The average Bonchev–Trinajstić information content (AvgIpc) is 3.00. The van der Waals surface area contributed by atoms with E-state index < -0.39 is 11.2 Å². The molecule has 2 heterocycles. The Morgan fingerprint density at radius 1 is 1.14 bits per heavy atom. The van der Waals surface area contributed by atoms with Crippen molar-refractivity contribution in [2.45, 2.75) is 26.4 Å². The number of nitrogens with zero attached hydrogens (tertiary/aromatic N) is 4. The Balaban J connectivity index is 1.95. The largest absolute Gasteiger partial charge is 0.350 e. The van der Waals surface area contributed by atoms with Gasteiger partial charge in [0.2, 0.25) is 11.2 Å². The average molecular weight is 418 g/mol. The summed E-state index contributed by atoms with van der Waals surface area (Å²) in [5.41, 5.74) is 0.378. The van der Waals surface area contributed by atoms with Crippen molar-refractivity contribution in [3.8, 4) is 0 Å². The van der Waals surface area contributed by atoms with Crippen molar-refractivity contribution in [1.82, 2.24) is 24.0 Å². The lowest BCUT2D eigenvalue weighted by Crippen LogP contribution is -2.37. The number of carbonyl (C=O) groups is 2. The van der Waals surface area contributed by atoms with Gasteiger partial charge in [-0.05, 0) is 24.1 Å². The Hall–Kier alpha value is -3.20. The van der Waals surface area contributed by atoms with Crippen molar-refractivity contribution in [1.29, 1.82) is 0 Å². The van der Waals surface area contributed by atoms with Crippen LogP contribution in [0.3, 0.4) is 0 Å². The number of ketones is 1. The maximum Gasteiger partial charge on any atom is 0.332 e. The number of hydrogen-bond acceptors (Lipinski definition) is 5. The number of fused-ring (bicyclic) bond motifs is 1. The van der Waals surface area contributed by atoms with Crippen LogP contribution in [0.2, 0.25) is 5.28 Å². The number of hydrogen-bond donors (Lipinski definition) is 1. The van der Waals surface area contributed by atoms with E-state index in [2.05, 4.69) is 10.3 Å². The predicted molar refractivity (Wildman–Crippen MR) is 108 cm³/mol. The van der Waals surface area contributed by atoms with E-state index in [0.29, 0.717) is 5.56 Å². The molecular formula is C19H20ClN5O4. The van der Waals surface area contributed by atoms with Gasteiger partial charge in [-0.15, -0.1) is 0 Å². The van der Waals surface area contributed by atoms with E-state index in [1.807, 2.05) is 6.92 Å². The zero-order valence-corrected chi connectivity index (χ0v) is 17.1. The van der Waals surface area contributed by atoms with Crippen molar-refractivity contribution in [2.75, 3.05) is 0 Å². The number of halogens is 1. The smallest absolute Gasteiger partial charge is 0.332 e. The highest BCUT2D eigenvalue weighted by Gasteiger charge is 2.20. The van der Waals surface area contributed by atoms with Gasteiger partial charge >= 0.3 is 5.69 Å². The van der Waals surface area contributed by atoms with Crippen LogP contribution in [0.1, 0.15) is 35.8 Å². The summed E-state index contributed by atoms with van der Waals surface area (Å²) in [6.07, 6.45) is 0. The molecule has 0 aliphatic rings. The summed E-state index contributed by atoms with van der Waals surface area (Å²) < 4.78 is 3.45. The predicted octanol–water partition coefficient (Wildman–Crippen LogP) is 1.17. The Labute approximate surface area is 170 Å². The van der Waals surface area contributed by atoms with Gasteiger partial charge < -0.3 is 9.88 Å². The third-order valence-corrected chi connectivity index (χ3v) is 5.04. The number of Topliss-reactive ketones (excluding diaryl/α,β-unsaturated/α-hetero) is 1. The van der Waals surface area contributed by atoms with E-state index in [9.17, 15) is 19.2 Å². The highest BCUT2D eigenvalue weighted by Crippen LogP contribution is 2.18.